The molecule has 0 aliphatic rings. The van der Waals surface area contributed by atoms with Gasteiger partial charge in [-0.25, -0.2) is 4.98 Å². The van der Waals surface area contributed by atoms with Gasteiger partial charge in [0.1, 0.15) is 0 Å². The molecular formula is C13H14N2O2. The Bertz CT molecular complexity index is 538. The predicted octanol–water partition coefficient (Wildman–Crippen LogP) is 1.70. The molecule has 1 amide bonds. The van der Waals surface area contributed by atoms with Crippen LogP contribution in [0.2, 0.25) is 0 Å². The summed E-state index contributed by atoms with van der Waals surface area (Å²) in [6, 6.07) is 11.5. The van der Waals surface area contributed by atoms with Crippen LogP contribution < -0.4 is 4.74 Å². The van der Waals surface area contributed by atoms with E-state index < -0.39 is 0 Å². The summed E-state index contributed by atoms with van der Waals surface area (Å²) in [4.78, 5) is 17.2. The Morgan fingerprint density at radius 3 is 2.76 bits per heavy atom. The van der Waals surface area contributed by atoms with Crippen molar-refractivity contribution in [3.05, 3.63) is 36.4 Å². The number of hydrogen-bond acceptors (Lipinski definition) is 3. The molecule has 0 bridgehead atoms. The van der Waals surface area contributed by atoms with Crippen LogP contribution in [0, 0.1) is 0 Å². The maximum atomic E-state index is 11.4. The highest BCUT2D eigenvalue weighted by molar-refractivity contribution is 5.79. The number of pyridine rings is 1. The third kappa shape index (κ3) is 2.72. The molecule has 0 N–H and O–H groups in total. The largest absolute Gasteiger partial charge is 0.468 e. The average molecular weight is 230 g/mol. The number of nitrogens with zero attached hydrogens (tertiary/aromatic N) is 2. The highest BCUT2D eigenvalue weighted by atomic mass is 16.5. The summed E-state index contributed by atoms with van der Waals surface area (Å²) in [5.74, 6) is 0.388. The fourth-order valence-electron chi connectivity index (χ4n) is 1.39. The molecule has 1 aromatic heterocycles. The van der Waals surface area contributed by atoms with Crippen LogP contribution in [0.15, 0.2) is 36.4 Å². The van der Waals surface area contributed by atoms with E-state index in [2.05, 4.69) is 4.98 Å². The molecule has 2 rings (SSSR count). The first kappa shape index (κ1) is 11.4. The van der Waals surface area contributed by atoms with Crippen LogP contribution in [0.3, 0.4) is 0 Å². The number of rotatable bonds is 3. The van der Waals surface area contributed by atoms with E-state index in [-0.39, 0.29) is 12.5 Å². The van der Waals surface area contributed by atoms with Crippen molar-refractivity contribution in [2.75, 3.05) is 20.7 Å². The lowest BCUT2D eigenvalue weighted by Gasteiger charge is -2.10. The second kappa shape index (κ2) is 4.82. The molecular weight excluding hydrogens is 216 g/mol. The summed E-state index contributed by atoms with van der Waals surface area (Å²) in [6.45, 7) is 0.0122. The summed E-state index contributed by atoms with van der Waals surface area (Å²) < 4.78 is 5.33. The van der Waals surface area contributed by atoms with Gasteiger partial charge in [0, 0.05) is 25.5 Å². The predicted molar refractivity (Wildman–Crippen MR) is 65.9 cm³/mol. The van der Waals surface area contributed by atoms with Crippen molar-refractivity contribution < 1.29 is 9.53 Å². The lowest BCUT2D eigenvalue weighted by atomic mass is 10.2. The molecule has 0 spiro atoms. The van der Waals surface area contributed by atoms with E-state index in [4.69, 9.17) is 4.74 Å². The second-order valence-electron chi connectivity index (χ2n) is 3.92. The Labute approximate surface area is 99.8 Å². The number of likely N-dealkylation sites (N-methyl/N-ethyl adjacent to an activating group) is 1. The monoisotopic (exact) mass is 230 g/mol. The standard InChI is InChI=1S/C13H14N2O2/c1-15(2)13(16)9-17-12-8-7-10-5-3-4-6-11(10)14-12/h3-8H,9H2,1-2H3. The van der Waals surface area contributed by atoms with Crippen LogP contribution >= 0.6 is 0 Å². The number of fused-ring (bicyclic) bond motifs is 1. The topological polar surface area (TPSA) is 42.4 Å². The highest BCUT2D eigenvalue weighted by Gasteiger charge is 2.05. The van der Waals surface area contributed by atoms with Gasteiger partial charge in [0.2, 0.25) is 5.88 Å². The first-order valence-corrected chi connectivity index (χ1v) is 5.35. The first-order chi connectivity index (χ1) is 8.16. The van der Waals surface area contributed by atoms with Gasteiger partial charge >= 0.3 is 0 Å². The Hall–Kier alpha value is -2.10. The van der Waals surface area contributed by atoms with E-state index in [1.54, 1.807) is 20.2 Å². The van der Waals surface area contributed by atoms with Crippen molar-refractivity contribution in [3.63, 3.8) is 0 Å². The molecule has 0 aliphatic carbocycles. The highest BCUT2D eigenvalue weighted by Crippen LogP contribution is 2.15. The minimum atomic E-state index is -0.0834. The van der Waals surface area contributed by atoms with Crippen LogP contribution in [0.25, 0.3) is 10.9 Å². The fourth-order valence-corrected chi connectivity index (χ4v) is 1.39. The van der Waals surface area contributed by atoms with Gasteiger partial charge in [-0.15, -0.1) is 0 Å². The maximum absolute atomic E-state index is 11.4. The third-order valence-corrected chi connectivity index (χ3v) is 2.42. The zero-order valence-electron chi connectivity index (χ0n) is 9.88. The minimum absolute atomic E-state index is 0.0122. The zero-order chi connectivity index (χ0) is 12.3. The molecule has 0 aliphatic heterocycles. The van der Waals surface area contributed by atoms with Crippen LogP contribution in [0.4, 0.5) is 0 Å². The molecule has 17 heavy (non-hydrogen) atoms. The number of carbonyl (C=O) groups is 1. The number of amides is 1. The van der Waals surface area contributed by atoms with Crippen LogP contribution in [-0.2, 0) is 4.79 Å². The Kier molecular flexibility index (Phi) is 3.23. The number of ether oxygens (including phenoxy) is 1. The third-order valence-electron chi connectivity index (χ3n) is 2.42. The number of carbonyl (C=O) groups excluding carboxylic acids is 1. The molecule has 1 heterocycles. The molecule has 0 unspecified atom stereocenters. The second-order valence-corrected chi connectivity index (χ2v) is 3.92. The average Bonchev–Trinajstić information content (AvgIpc) is 2.35. The van der Waals surface area contributed by atoms with Gasteiger partial charge in [-0.05, 0) is 12.1 Å². The lowest BCUT2D eigenvalue weighted by molar-refractivity contribution is -0.130. The summed E-state index contributed by atoms with van der Waals surface area (Å²) in [5.41, 5.74) is 0.863. The molecule has 0 radical (unpaired) electrons. The summed E-state index contributed by atoms with van der Waals surface area (Å²) in [7, 11) is 3.39. The Morgan fingerprint density at radius 1 is 1.24 bits per heavy atom. The van der Waals surface area contributed by atoms with Gasteiger partial charge < -0.3 is 9.64 Å². The van der Waals surface area contributed by atoms with Crippen molar-refractivity contribution in [2.45, 2.75) is 0 Å². The number of benzene rings is 1. The number of hydrogen-bond donors (Lipinski definition) is 0. The fraction of sp³-hybridized carbons (Fsp3) is 0.231. The molecule has 2 aromatic rings. The number of para-hydroxylation sites is 1. The van der Waals surface area contributed by atoms with Crippen LogP contribution in [0.1, 0.15) is 0 Å². The van der Waals surface area contributed by atoms with Crippen molar-refractivity contribution in [3.8, 4) is 5.88 Å². The normalized spacial score (nSPS) is 10.2. The molecule has 1 aromatic carbocycles. The van der Waals surface area contributed by atoms with Gasteiger partial charge in [-0.2, -0.15) is 0 Å². The molecule has 0 atom stereocenters. The van der Waals surface area contributed by atoms with Gasteiger partial charge in [0.15, 0.2) is 6.61 Å². The molecule has 4 nitrogen and oxygen atoms in total. The maximum Gasteiger partial charge on any atom is 0.260 e. The zero-order valence-corrected chi connectivity index (χ0v) is 9.88. The molecule has 88 valence electrons. The Balaban J connectivity index is 2.12. The van der Waals surface area contributed by atoms with Crippen LogP contribution in [0.5, 0.6) is 5.88 Å². The van der Waals surface area contributed by atoms with E-state index in [0.717, 1.165) is 10.9 Å². The number of aromatic nitrogens is 1. The molecule has 0 fully saturated rings. The van der Waals surface area contributed by atoms with Crippen molar-refractivity contribution in [1.82, 2.24) is 9.88 Å². The smallest absolute Gasteiger partial charge is 0.260 e. The Morgan fingerprint density at radius 2 is 2.00 bits per heavy atom. The molecule has 4 heteroatoms. The van der Waals surface area contributed by atoms with E-state index in [9.17, 15) is 4.79 Å². The summed E-state index contributed by atoms with van der Waals surface area (Å²) in [6.07, 6.45) is 0. The van der Waals surface area contributed by atoms with Gasteiger partial charge in [0.05, 0.1) is 5.52 Å². The SMILES string of the molecule is CN(C)C(=O)COc1ccc2ccccc2n1. The van der Waals surface area contributed by atoms with Crippen molar-refractivity contribution in [1.29, 1.82) is 0 Å². The molecule has 0 saturated heterocycles. The van der Waals surface area contributed by atoms with Crippen molar-refractivity contribution >= 4 is 16.8 Å². The van der Waals surface area contributed by atoms with Gasteiger partial charge in [-0.3, -0.25) is 4.79 Å². The minimum Gasteiger partial charge on any atom is -0.468 e. The summed E-state index contributed by atoms with van der Waals surface area (Å²) >= 11 is 0. The van der Waals surface area contributed by atoms with E-state index >= 15 is 0 Å². The van der Waals surface area contributed by atoms with E-state index in [1.165, 1.54) is 4.90 Å². The summed E-state index contributed by atoms with van der Waals surface area (Å²) in [5, 5.41) is 1.05. The lowest BCUT2D eigenvalue weighted by Crippen LogP contribution is -2.27. The van der Waals surface area contributed by atoms with Crippen LogP contribution in [-0.4, -0.2) is 36.5 Å². The first-order valence-electron chi connectivity index (χ1n) is 5.35. The van der Waals surface area contributed by atoms with E-state index in [0.29, 0.717) is 5.88 Å². The van der Waals surface area contributed by atoms with Gasteiger partial charge in [-0.1, -0.05) is 18.2 Å². The van der Waals surface area contributed by atoms with Gasteiger partial charge in [0.25, 0.3) is 5.91 Å². The van der Waals surface area contributed by atoms with E-state index in [1.807, 2.05) is 30.3 Å². The quantitative estimate of drug-likeness (QED) is 0.806. The van der Waals surface area contributed by atoms with Crippen molar-refractivity contribution in [2.24, 2.45) is 0 Å². The molecule has 0 saturated carbocycles.